The molecule has 2 aromatic carbocycles. The lowest BCUT2D eigenvalue weighted by atomic mass is 10.0. The van der Waals surface area contributed by atoms with E-state index in [0.29, 0.717) is 32.7 Å². The van der Waals surface area contributed by atoms with Crippen LogP contribution in [0.1, 0.15) is 19.3 Å². The Balaban J connectivity index is 1.25. The molecule has 1 N–H and O–H groups in total. The Morgan fingerprint density at radius 2 is 1.70 bits per heavy atom. The van der Waals surface area contributed by atoms with Crippen LogP contribution in [-0.4, -0.2) is 67.0 Å². The molecule has 0 spiro atoms. The van der Waals surface area contributed by atoms with E-state index in [2.05, 4.69) is 10.2 Å². The van der Waals surface area contributed by atoms with E-state index in [-0.39, 0.29) is 17.9 Å². The first-order valence-corrected chi connectivity index (χ1v) is 10.8. The molecule has 6 heteroatoms. The van der Waals surface area contributed by atoms with Crippen molar-refractivity contribution < 1.29 is 14.3 Å². The number of hydrogen-bond acceptors (Lipinski definition) is 4. The molecule has 0 radical (unpaired) electrons. The minimum Gasteiger partial charge on any atom is -0.368 e. The van der Waals surface area contributed by atoms with Crippen LogP contribution in [0.3, 0.4) is 0 Å². The summed E-state index contributed by atoms with van der Waals surface area (Å²) in [6.45, 7) is 4.40. The van der Waals surface area contributed by atoms with E-state index < -0.39 is 0 Å². The van der Waals surface area contributed by atoms with Crippen molar-refractivity contribution in [3.8, 4) is 11.1 Å². The minimum absolute atomic E-state index is 0.0104. The summed E-state index contributed by atoms with van der Waals surface area (Å²) in [5.74, 6) is 0.138. The highest BCUT2D eigenvalue weighted by Crippen LogP contribution is 2.27. The zero-order valence-electron chi connectivity index (χ0n) is 17.3. The Labute approximate surface area is 177 Å². The zero-order valence-corrected chi connectivity index (χ0v) is 17.3. The van der Waals surface area contributed by atoms with Gasteiger partial charge < -0.3 is 15.0 Å². The Kier molecular flexibility index (Phi) is 6.77. The van der Waals surface area contributed by atoms with Gasteiger partial charge in [0.1, 0.15) is 6.10 Å². The van der Waals surface area contributed by atoms with Crippen LogP contribution in [0.25, 0.3) is 11.1 Å². The van der Waals surface area contributed by atoms with Gasteiger partial charge >= 0.3 is 0 Å². The largest absolute Gasteiger partial charge is 0.368 e. The molecule has 4 rings (SSSR count). The van der Waals surface area contributed by atoms with Crippen LogP contribution in [-0.2, 0) is 14.3 Å². The lowest BCUT2D eigenvalue weighted by molar-refractivity contribution is -0.142. The molecule has 30 heavy (non-hydrogen) atoms. The maximum Gasteiger partial charge on any atom is 0.251 e. The number of nitrogens with one attached hydrogen (secondary N) is 1. The molecule has 2 heterocycles. The molecule has 2 fully saturated rings. The summed E-state index contributed by atoms with van der Waals surface area (Å²) in [4.78, 5) is 29.2. The summed E-state index contributed by atoms with van der Waals surface area (Å²) < 4.78 is 5.51. The summed E-state index contributed by atoms with van der Waals surface area (Å²) >= 11 is 0. The first kappa shape index (κ1) is 20.6. The number of carbonyl (C=O) groups excluding carboxylic acids is 2. The van der Waals surface area contributed by atoms with Crippen molar-refractivity contribution in [1.82, 2.24) is 9.80 Å². The van der Waals surface area contributed by atoms with Crippen molar-refractivity contribution in [2.75, 3.05) is 44.6 Å². The van der Waals surface area contributed by atoms with Crippen molar-refractivity contribution in [3.05, 3.63) is 54.6 Å². The smallest absolute Gasteiger partial charge is 0.251 e. The highest BCUT2D eigenvalue weighted by atomic mass is 16.5. The number of ether oxygens (including phenoxy) is 1. The Hall–Kier alpha value is -2.70. The normalized spacial score (nSPS) is 19.6. The second kappa shape index (κ2) is 9.87. The summed E-state index contributed by atoms with van der Waals surface area (Å²) in [6.07, 6.45) is 2.00. The zero-order chi connectivity index (χ0) is 20.8. The number of hydrogen-bond donors (Lipinski definition) is 1. The second-order valence-electron chi connectivity index (χ2n) is 7.88. The first-order chi connectivity index (χ1) is 14.7. The standard InChI is InChI=1S/C24H29N3O3/c28-23(25-21-10-5-4-9-20(21)19-7-2-1-3-8-19)12-13-26-14-16-27(17-15-26)24(29)22-11-6-18-30-22/h1-5,7-10,22H,6,11-18H2,(H,25,28). The van der Waals surface area contributed by atoms with Gasteiger partial charge in [0.15, 0.2) is 0 Å². The molecule has 2 saturated heterocycles. The van der Waals surface area contributed by atoms with Crippen molar-refractivity contribution in [2.45, 2.75) is 25.4 Å². The molecule has 0 bridgehead atoms. The number of carbonyl (C=O) groups is 2. The van der Waals surface area contributed by atoms with Crippen LogP contribution in [0.4, 0.5) is 5.69 Å². The molecule has 158 valence electrons. The Morgan fingerprint density at radius 1 is 0.967 bits per heavy atom. The van der Waals surface area contributed by atoms with E-state index in [1.54, 1.807) is 0 Å². The molecule has 1 atom stereocenters. The maximum absolute atomic E-state index is 12.6. The molecule has 2 aromatic rings. The van der Waals surface area contributed by atoms with E-state index >= 15 is 0 Å². The molecule has 6 nitrogen and oxygen atoms in total. The van der Waals surface area contributed by atoms with Gasteiger partial charge in [-0.1, -0.05) is 48.5 Å². The average Bonchev–Trinajstić information content (AvgIpc) is 3.34. The van der Waals surface area contributed by atoms with Gasteiger partial charge in [-0.2, -0.15) is 0 Å². The molecule has 2 amide bonds. The number of para-hydroxylation sites is 1. The monoisotopic (exact) mass is 407 g/mol. The van der Waals surface area contributed by atoms with Crippen molar-refractivity contribution in [1.29, 1.82) is 0 Å². The quantitative estimate of drug-likeness (QED) is 0.800. The molecular weight excluding hydrogens is 378 g/mol. The second-order valence-corrected chi connectivity index (χ2v) is 7.88. The number of rotatable bonds is 6. The van der Waals surface area contributed by atoms with Crippen LogP contribution >= 0.6 is 0 Å². The van der Waals surface area contributed by atoms with Crippen LogP contribution in [0.2, 0.25) is 0 Å². The summed E-state index contributed by atoms with van der Waals surface area (Å²) in [6, 6.07) is 17.9. The predicted octanol–water partition coefficient (Wildman–Crippen LogP) is 3.01. The Morgan fingerprint density at radius 3 is 2.43 bits per heavy atom. The molecule has 1 unspecified atom stereocenters. The van der Waals surface area contributed by atoms with E-state index in [0.717, 1.165) is 42.7 Å². The number of anilines is 1. The molecule has 0 aromatic heterocycles. The van der Waals surface area contributed by atoms with E-state index in [1.165, 1.54) is 0 Å². The van der Waals surface area contributed by atoms with Gasteiger partial charge in [-0.15, -0.1) is 0 Å². The average molecular weight is 408 g/mol. The SMILES string of the molecule is O=C(CCN1CCN(C(=O)C2CCCO2)CC1)Nc1ccccc1-c1ccccc1. The lowest BCUT2D eigenvalue weighted by Gasteiger charge is -2.35. The van der Waals surface area contributed by atoms with Crippen LogP contribution in [0.5, 0.6) is 0 Å². The molecule has 2 aliphatic rings. The molecule has 0 aliphatic carbocycles. The summed E-state index contributed by atoms with van der Waals surface area (Å²) in [5.41, 5.74) is 2.94. The number of benzene rings is 2. The maximum atomic E-state index is 12.6. The van der Waals surface area contributed by atoms with Crippen LogP contribution in [0.15, 0.2) is 54.6 Å². The third-order valence-electron chi connectivity index (χ3n) is 5.83. The van der Waals surface area contributed by atoms with E-state index in [4.69, 9.17) is 4.74 Å². The van der Waals surface area contributed by atoms with Crippen LogP contribution < -0.4 is 5.32 Å². The molecule has 2 aliphatic heterocycles. The van der Waals surface area contributed by atoms with Gasteiger partial charge in [-0.25, -0.2) is 0 Å². The fraction of sp³-hybridized carbons (Fsp3) is 0.417. The number of piperazine rings is 1. The fourth-order valence-electron chi connectivity index (χ4n) is 4.10. The number of nitrogens with zero attached hydrogens (tertiary/aromatic N) is 2. The van der Waals surface area contributed by atoms with Gasteiger partial charge in [0, 0.05) is 57.0 Å². The summed E-state index contributed by atoms with van der Waals surface area (Å²) in [7, 11) is 0. The summed E-state index contributed by atoms with van der Waals surface area (Å²) in [5, 5.41) is 3.07. The molecular formula is C24H29N3O3. The highest BCUT2D eigenvalue weighted by Gasteiger charge is 2.30. The van der Waals surface area contributed by atoms with Crippen LogP contribution in [0, 0.1) is 0 Å². The van der Waals surface area contributed by atoms with Gasteiger partial charge in [0.2, 0.25) is 5.91 Å². The van der Waals surface area contributed by atoms with Crippen molar-refractivity contribution in [2.24, 2.45) is 0 Å². The number of amides is 2. The third kappa shape index (κ3) is 5.07. The topological polar surface area (TPSA) is 61.9 Å². The highest BCUT2D eigenvalue weighted by molar-refractivity contribution is 5.95. The van der Waals surface area contributed by atoms with E-state index in [9.17, 15) is 9.59 Å². The van der Waals surface area contributed by atoms with Gasteiger partial charge in [0.05, 0.1) is 0 Å². The Bertz CT molecular complexity index is 857. The van der Waals surface area contributed by atoms with E-state index in [1.807, 2.05) is 59.5 Å². The lowest BCUT2D eigenvalue weighted by Crippen LogP contribution is -2.51. The molecule has 0 saturated carbocycles. The van der Waals surface area contributed by atoms with Crippen molar-refractivity contribution in [3.63, 3.8) is 0 Å². The van der Waals surface area contributed by atoms with Gasteiger partial charge in [-0.05, 0) is 24.5 Å². The minimum atomic E-state index is -0.244. The van der Waals surface area contributed by atoms with Gasteiger partial charge in [-0.3, -0.25) is 14.5 Å². The fourth-order valence-corrected chi connectivity index (χ4v) is 4.10. The first-order valence-electron chi connectivity index (χ1n) is 10.8. The van der Waals surface area contributed by atoms with Gasteiger partial charge in [0.25, 0.3) is 5.91 Å². The third-order valence-corrected chi connectivity index (χ3v) is 5.83. The predicted molar refractivity (Wildman–Crippen MR) is 117 cm³/mol. The van der Waals surface area contributed by atoms with Crippen molar-refractivity contribution >= 4 is 17.5 Å².